The molecule has 1 unspecified atom stereocenters. The van der Waals surface area contributed by atoms with Crippen LogP contribution in [0.3, 0.4) is 0 Å². The number of nitrogens with zero attached hydrogens (tertiary/aromatic N) is 3. The van der Waals surface area contributed by atoms with Gasteiger partial charge in [0, 0.05) is 18.1 Å². The third-order valence-electron chi connectivity index (χ3n) is 3.54. The minimum absolute atomic E-state index is 0.398. The van der Waals surface area contributed by atoms with Crippen molar-refractivity contribution in [2.75, 3.05) is 11.9 Å². The van der Waals surface area contributed by atoms with Crippen LogP contribution >= 0.6 is 11.5 Å². The van der Waals surface area contributed by atoms with Crippen LogP contribution in [-0.4, -0.2) is 43.4 Å². The predicted molar refractivity (Wildman–Crippen MR) is 74.9 cm³/mol. The molecule has 1 saturated heterocycles. The maximum Gasteiger partial charge on any atom is 0.329 e. The predicted octanol–water partition coefficient (Wildman–Crippen LogP) is 2.10. The molecule has 20 heavy (non-hydrogen) atoms. The summed E-state index contributed by atoms with van der Waals surface area (Å²) in [7, 11) is 0. The summed E-state index contributed by atoms with van der Waals surface area (Å²) in [4.78, 5) is 29.4. The van der Waals surface area contributed by atoms with E-state index in [1.165, 1.54) is 4.90 Å². The van der Waals surface area contributed by atoms with E-state index >= 15 is 0 Å². The van der Waals surface area contributed by atoms with E-state index < -0.39 is 17.5 Å². The molecule has 0 bridgehead atoms. The van der Waals surface area contributed by atoms with Gasteiger partial charge in [0.15, 0.2) is 0 Å². The van der Waals surface area contributed by atoms with Gasteiger partial charge in [-0.25, -0.2) is 14.6 Å². The second-order valence-electron chi connectivity index (χ2n) is 4.92. The van der Waals surface area contributed by atoms with Crippen LogP contribution < -0.4 is 5.32 Å². The van der Waals surface area contributed by atoms with Gasteiger partial charge in [0.1, 0.15) is 11.4 Å². The monoisotopic (exact) mass is 298 g/mol. The van der Waals surface area contributed by atoms with Crippen LogP contribution in [0.5, 0.6) is 0 Å². The van der Waals surface area contributed by atoms with Crippen LogP contribution in [0.2, 0.25) is 0 Å². The summed E-state index contributed by atoms with van der Waals surface area (Å²) in [5, 5.41) is 12.6. The zero-order chi connectivity index (χ0) is 14.8. The van der Waals surface area contributed by atoms with E-state index in [4.69, 9.17) is 0 Å². The van der Waals surface area contributed by atoms with Gasteiger partial charge in [-0.1, -0.05) is 13.3 Å². The normalized spacial score (nSPS) is 22.0. The molecule has 0 radical (unpaired) electrons. The van der Waals surface area contributed by atoms with E-state index in [0.29, 0.717) is 43.2 Å². The van der Waals surface area contributed by atoms with E-state index in [-0.39, 0.29) is 0 Å². The number of nitrogens with one attached hydrogen (secondary N) is 1. The van der Waals surface area contributed by atoms with Gasteiger partial charge in [-0.3, -0.25) is 5.32 Å². The molecule has 7 nitrogen and oxygen atoms in total. The Morgan fingerprint density at radius 1 is 1.55 bits per heavy atom. The summed E-state index contributed by atoms with van der Waals surface area (Å²) >= 11 is 1.09. The van der Waals surface area contributed by atoms with Crippen LogP contribution in [-0.2, 0) is 4.79 Å². The smallest absolute Gasteiger partial charge is 0.329 e. The Morgan fingerprint density at radius 2 is 2.30 bits per heavy atom. The molecule has 1 atom stereocenters. The lowest BCUT2D eigenvalue weighted by atomic mass is 9.91. The largest absolute Gasteiger partial charge is 0.479 e. The van der Waals surface area contributed by atoms with Crippen LogP contribution in [0.15, 0.2) is 0 Å². The van der Waals surface area contributed by atoms with E-state index in [2.05, 4.69) is 14.7 Å². The maximum absolute atomic E-state index is 12.3. The lowest BCUT2D eigenvalue weighted by molar-refractivity contribution is -0.148. The van der Waals surface area contributed by atoms with Crippen molar-refractivity contribution in [1.82, 2.24) is 14.3 Å². The number of likely N-dealkylation sites (tertiary alicyclic amines) is 1. The highest BCUT2D eigenvalue weighted by molar-refractivity contribution is 7.09. The SMILES string of the molecule is CCCC1(C(=O)O)CCCN1C(=O)Nc1nc(C)ns1. The Labute approximate surface area is 121 Å². The quantitative estimate of drug-likeness (QED) is 0.887. The van der Waals surface area contributed by atoms with E-state index in [1.807, 2.05) is 6.92 Å². The van der Waals surface area contributed by atoms with Crippen molar-refractivity contribution in [3.63, 3.8) is 0 Å². The van der Waals surface area contributed by atoms with Crippen molar-refractivity contribution < 1.29 is 14.7 Å². The molecule has 0 spiro atoms. The maximum atomic E-state index is 12.3. The fraction of sp³-hybridized carbons (Fsp3) is 0.667. The van der Waals surface area contributed by atoms with Crippen LogP contribution in [0.1, 0.15) is 38.4 Å². The van der Waals surface area contributed by atoms with Crippen LogP contribution in [0, 0.1) is 6.92 Å². The number of hydrogen-bond donors (Lipinski definition) is 2. The Bertz CT molecular complexity index is 519. The highest BCUT2D eigenvalue weighted by atomic mass is 32.1. The summed E-state index contributed by atoms with van der Waals surface area (Å²) < 4.78 is 3.99. The molecule has 2 amide bonds. The van der Waals surface area contributed by atoms with Gasteiger partial charge < -0.3 is 10.0 Å². The second-order valence-corrected chi connectivity index (χ2v) is 5.67. The fourth-order valence-corrected chi connectivity index (χ4v) is 3.25. The Morgan fingerprint density at radius 3 is 2.85 bits per heavy atom. The summed E-state index contributed by atoms with van der Waals surface area (Å²) in [6.07, 6.45) is 2.38. The highest BCUT2D eigenvalue weighted by Crippen LogP contribution is 2.34. The standard InChI is InChI=1S/C12H18N4O3S/c1-3-5-12(9(17)18)6-4-7-16(12)11(19)14-10-13-8(2)15-20-10/h3-7H2,1-2H3,(H,17,18)(H,13,14,15,19). The second kappa shape index (κ2) is 5.74. The number of carboxylic acid groups (broad SMARTS) is 1. The van der Waals surface area contributed by atoms with E-state index in [1.54, 1.807) is 6.92 Å². The third kappa shape index (κ3) is 2.60. The minimum Gasteiger partial charge on any atom is -0.479 e. The molecule has 1 aromatic heterocycles. The molecule has 8 heteroatoms. The molecule has 0 aliphatic carbocycles. The van der Waals surface area contributed by atoms with Gasteiger partial charge >= 0.3 is 12.0 Å². The number of hydrogen-bond acceptors (Lipinski definition) is 5. The first-order valence-electron chi connectivity index (χ1n) is 6.62. The van der Waals surface area contributed by atoms with Gasteiger partial charge in [0.2, 0.25) is 5.13 Å². The molecule has 2 rings (SSSR count). The van der Waals surface area contributed by atoms with Crippen molar-refractivity contribution in [3.8, 4) is 0 Å². The topological polar surface area (TPSA) is 95.4 Å². The minimum atomic E-state index is -1.08. The number of carboxylic acids is 1. The van der Waals surface area contributed by atoms with E-state index in [0.717, 1.165) is 11.5 Å². The first kappa shape index (κ1) is 14.7. The van der Waals surface area contributed by atoms with Gasteiger partial charge in [0.05, 0.1) is 0 Å². The molecular weight excluding hydrogens is 280 g/mol. The first-order chi connectivity index (χ1) is 9.49. The molecule has 1 aromatic rings. The highest BCUT2D eigenvalue weighted by Gasteiger charge is 2.49. The van der Waals surface area contributed by atoms with Gasteiger partial charge in [-0.05, 0) is 26.2 Å². The molecular formula is C12H18N4O3S. The van der Waals surface area contributed by atoms with Gasteiger partial charge in [-0.2, -0.15) is 4.37 Å². The van der Waals surface area contributed by atoms with Crippen LogP contribution in [0.4, 0.5) is 9.93 Å². The van der Waals surface area contributed by atoms with Crippen molar-refractivity contribution in [2.45, 2.75) is 45.1 Å². The number of carbonyl (C=O) groups is 2. The molecule has 1 fully saturated rings. The number of aromatic nitrogens is 2. The average molecular weight is 298 g/mol. The third-order valence-corrected chi connectivity index (χ3v) is 4.26. The summed E-state index contributed by atoms with van der Waals surface area (Å²) in [6.45, 7) is 4.11. The summed E-state index contributed by atoms with van der Waals surface area (Å²) in [5.74, 6) is -0.342. The molecule has 1 aliphatic rings. The van der Waals surface area contributed by atoms with Gasteiger partial charge in [0.25, 0.3) is 0 Å². The fourth-order valence-electron chi connectivity index (χ4n) is 2.68. The zero-order valence-electron chi connectivity index (χ0n) is 11.5. The molecule has 110 valence electrons. The van der Waals surface area contributed by atoms with Crippen molar-refractivity contribution >= 4 is 28.7 Å². The lowest BCUT2D eigenvalue weighted by Gasteiger charge is -2.34. The molecule has 2 N–H and O–H groups in total. The number of aryl methyl sites for hydroxylation is 1. The number of aliphatic carboxylic acids is 1. The number of carbonyl (C=O) groups excluding carboxylic acids is 1. The first-order valence-corrected chi connectivity index (χ1v) is 7.39. The lowest BCUT2D eigenvalue weighted by Crippen LogP contribution is -2.54. The van der Waals surface area contributed by atoms with Crippen molar-refractivity contribution in [3.05, 3.63) is 5.82 Å². The zero-order valence-corrected chi connectivity index (χ0v) is 12.4. The molecule has 1 aliphatic heterocycles. The Hall–Kier alpha value is -1.70. The van der Waals surface area contributed by atoms with Crippen molar-refractivity contribution in [2.24, 2.45) is 0 Å². The number of rotatable bonds is 4. The number of amides is 2. The van der Waals surface area contributed by atoms with Crippen molar-refractivity contribution in [1.29, 1.82) is 0 Å². The Kier molecular flexibility index (Phi) is 4.22. The summed E-state index contributed by atoms with van der Waals surface area (Å²) in [5.41, 5.74) is -1.08. The number of anilines is 1. The van der Waals surface area contributed by atoms with Gasteiger partial charge in [-0.15, -0.1) is 0 Å². The molecule has 0 aromatic carbocycles. The Balaban J connectivity index is 2.16. The molecule has 0 saturated carbocycles. The van der Waals surface area contributed by atoms with Crippen LogP contribution in [0.25, 0.3) is 0 Å². The molecule has 2 heterocycles. The summed E-state index contributed by atoms with van der Waals surface area (Å²) in [6, 6.07) is -0.408. The van der Waals surface area contributed by atoms with E-state index in [9.17, 15) is 14.7 Å². The average Bonchev–Trinajstić information content (AvgIpc) is 2.97. The number of urea groups is 1.